The lowest BCUT2D eigenvalue weighted by atomic mass is 10.1. The Bertz CT molecular complexity index is 346. The highest BCUT2D eigenvalue weighted by atomic mass is 16.1. The second kappa shape index (κ2) is 3.71. The minimum Gasteiger partial charge on any atom is -0.398 e. The average Bonchev–Trinajstić information content (AvgIpc) is 2.03. The van der Waals surface area contributed by atoms with Crippen LogP contribution in [-0.2, 0) is 4.79 Å². The van der Waals surface area contributed by atoms with Gasteiger partial charge >= 0.3 is 0 Å². The number of hydrogen-bond acceptors (Lipinski definition) is 3. The molecule has 0 saturated carbocycles. The maximum absolute atomic E-state index is 10.6. The third-order valence-corrected chi connectivity index (χ3v) is 1.53. The summed E-state index contributed by atoms with van der Waals surface area (Å²) in [6, 6.07) is 6.92. The topological polar surface area (TPSA) is 79.0 Å². The van der Waals surface area contributed by atoms with Gasteiger partial charge in [0, 0.05) is 18.2 Å². The fourth-order valence-corrected chi connectivity index (χ4v) is 0.968. The molecule has 0 radical (unpaired) electrons. The van der Waals surface area contributed by atoms with E-state index in [2.05, 4.69) is 5.32 Å². The first kappa shape index (κ1) is 9.25. The van der Waals surface area contributed by atoms with Gasteiger partial charge in [0.2, 0.25) is 5.91 Å². The van der Waals surface area contributed by atoms with Crippen LogP contribution >= 0.6 is 0 Å². The van der Waals surface area contributed by atoms with E-state index in [1.165, 1.54) is 6.92 Å². The lowest BCUT2D eigenvalue weighted by Crippen LogP contribution is -2.28. The number of hydrogen-bond donors (Lipinski definition) is 3. The lowest BCUT2D eigenvalue weighted by Gasteiger charge is -2.06. The van der Waals surface area contributed by atoms with Crippen LogP contribution in [0.5, 0.6) is 0 Å². The van der Waals surface area contributed by atoms with Gasteiger partial charge in [-0.15, -0.1) is 0 Å². The fourth-order valence-electron chi connectivity index (χ4n) is 0.968. The van der Waals surface area contributed by atoms with Gasteiger partial charge in [0.1, 0.15) is 5.84 Å². The Hall–Kier alpha value is -1.84. The molecule has 0 bridgehead atoms. The minimum absolute atomic E-state index is 0.0330. The van der Waals surface area contributed by atoms with Crippen LogP contribution in [0.15, 0.2) is 24.3 Å². The van der Waals surface area contributed by atoms with E-state index in [0.717, 1.165) is 0 Å². The van der Waals surface area contributed by atoms with Crippen molar-refractivity contribution in [2.24, 2.45) is 0 Å². The molecule has 68 valence electrons. The van der Waals surface area contributed by atoms with Crippen molar-refractivity contribution < 1.29 is 4.79 Å². The van der Waals surface area contributed by atoms with Gasteiger partial charge in [0.25, 0.3) is 0 Å². The normalized spacial score (nSPS) is 9.31. The maximum Gasteiger partial charge on any atom is 0.222 e. The number of nitrogens with two attached hydrogens (primary N) is 1. The number of amidine groups is 1. The van der Waals surface area contributed by atoms with Gasteiger partial charge in [-0.05, 0) is 12.1 Å². The molecule has 1 amide bonds. The predicted molar refractivity (Wildman–Crippen MR) is 51.5 cm³/mol. The van der Waals surface area contributed by atoms with Gasteiger partial charge < -0.3 is 11.1 Å². The molecule has 0 aromatic heterocycles. The van der Waals surface area contributed by atoms with Crippen LogP contribution < -0.4 is 11.1 Å². The number of nitrogen functional groups attached to an aromatic ring is 1. The molecule has 4 N–H and O–H groups in total. The molecule has 0 heterocycles. The predicted octanol–water partition coefficient (Wildman–Crippen LogP) is 0.730. The van der Waals surface area contributed by atoms with Crippen molar-refractivity contribution >= 4 is 17.4 Å². The Morgan fingerprint density at radius 1 is 1.46 bits per heavy atom. The molecule has 0 aliphatic carbocycles. The molecule has 0 saturated heterocycles. The summed E-state index contributed by atoms with van der Waals surface area (Å²) in [6.45, 7) is 1.35. The van der Waals surface area contributed by atoms with Gasteiger partial charge in [0.15, 0.2) is 0 Å². The molecular formula is C9H11N3O. The molecule has 1 rings (SSSR count). The summed E-state index contributed by atoms with van der Waals surface area (Å²) >= 11 is 0. The Kier molecular flexibility index (Phi) is 2.64. The molecule has 0 aliphatic heterocycles. The zero-order valence-electron chi connectivity index (χ0n) is 7.29. The average molecular weight is 177 g/mol. The summed E-state index contributed by atoms with van der Waals surface area (Å²) in [7, 11) is 0. The molecule has 0 unspecified atom stereocenters. The van der Waals surface area contributed by atoms with Gasteiger partial charge in [-0.1, -0.05) is 12.1 Å². The number of anilines is 1. The van der Waals surface area contributed by atoms with E-state index in [1.54, 1.807) is 24.3 Å². The minimum atomic E-state index is -0.270. The Morgan fingerprint density at radius 2 is 2.08 bits per heavy atom. The number of carbonyl (C=O) groups is 1. The molecule has 13 heavy (non-hydrogen) atoms. The molecule has 4 heteroatoms. The van der Waals surface area contributed by atoms with Gasteiger partial charge in [-0.3, -0.25) is 10.2 Å². The van der Waals surface area contributed by atoms with Gasteiger partial charge in [0.05, 0.1) is 0 Å². The molecule has 4 nitrogen and oxygen atoms in total. The first-order valence-electron chi connectivity index (χ1n) is 3.82. The summed E-state index contributed by atoms with van der Waals surface area (Å²) in [5.74, 6) is -0.237. The smallest absolute Gasteiger partial charge is 0.222 e. The third-order valence-electron chi connectivity index (χ3n) is 1.53. The number of benzene rings is 1. The number of rotatable bonds is 1. The summed E-state index contributed by atoms with van der Waals surface area (Å²) in [5, 5.41) is 9.85. The molecule has 0 fully saturated rings. The van der Waals surface area contributed by atoms with E-state index in [4.69, 9.17) is 11.1 Å². The van der Waals surface area contributed by atoms with Crippen LogP contribution in [0.25, 0.3) is 0 Å². The molecule has 0 aliphatic rings. The van der Waals surface area contributed by atoms with E-state index in [1.807, 2.05) is 0 Å². The van der Waals surface area contributed by atoms with Gasteiger partial charge in [-0.2, -0.15) is 0 Å². The molecular weight excluding hydrogens is 166 g/mol. The SMILES string of the molecule is CC(=O)NC(=N)c1ccccc1N. The van der Waals surface area contributed by atoms with Crippen LogP contribution in [0.3, 0.4) is 0 Å². The number of para-hydroxylation sites is 1. The molecule has 1 aromatic rings. The number of amides is 1. The van der Waals surface area contributed by atoms with Crippen molar-refractivity contribution in [1.29, 1.82) is 5.41 Å². The van der Waals surface area contributed by atoms with E-state index in [0.29, 0.717) is 11.3 Å². The van der Waals surface area contributed by atoms with Crippen molar-refractivity contribution in [3.63, 3.8) is 0 Å². The molecule has 0 spiro atoms. The highest BCUT2D eigenvalue weighted by molar-refractivity contribution is 6.08. The van der Waals surface area contributed by atoms with Crippen LogP contribution in [0.1, 0.15) is 12.5 Å². The van der Waals surface area contributed by atoms with Crippen LogP contribution in [0.2, 0.25) is 0 Å². The largest absolute Gasteiger partial charge is 0.398 e. The highest BCUT2D eigenvalue weighted by Crippen LogP contribution is 2.09. The van der Waals surface area contributed by atoms with E-state index in [-0.39, 0.29) is 11.7 Å². The molecule has 0 atom stereocenters. The fraction of sp³-hybridized carbons (Fsp3) is 0.111. The van der Waals surface area contributed by atoms with E-state index < -0.39 is 0 Å². The van der Waals surface area contributed by atoms with E-state index >= 15 is 0 Å². The van der Waals surface area contributed by atoms with Crippen LogP contribution in [-0.4, -0.2) is 11.7 Å². The van der Waals surface area contributed by atoms with Gasteiger partial charge in [-0.25, -0.2) is 0 Å². The first-order valence-corrected chi connectivity index (χ1v) is 3.82. The second-order valence-electron chi connectivity index (χ2n) is 2.64. The zero-order chi connectivity index (χ0) is 9.84. The Balaban J connectivity index is 2.89. The zero-order valence-corrected chi connectivity index (χ0v) is 7.29. The number of carbonyl (C=O) groups excluding carboxylic acids is 1. The van der Waals surface area contributed by atoms with Crippen molar-refractivity contribution in [1.82, 2.24) is 5.32 Å². The van der Waals surface area contributed by atoms with E-state index in [9.17, 15) is 4.79 Å². The monoisotopic (exact) mass is 177 g/mol. The third kappa shape index (κ3) is 2.30. The summed E-state index contributed by atoms with van der Waals surface area (Å²) < 4.78 is 0. The summed E-state index contributed by atoms with van der Waals surface area (Å²) in [6.07, 6.45) is 0. The number of nitrogens with one attached hydrogen (secondary N) is 2. The lowest BCUT2D eigenvalue weighted by molar-refractivity contribution is -0.117. The summed E-state index contributed by atoms with van der Waals surface area (Å²) in [5.41, 5.74) is 6.63. The standard InChI is InChI=1S/C9H11N3O/c1-6(13)12-9(11)7-4-2-3-5-8(7)10/h2-5H,10H2,1H3,(H2,11,12,13). The van der Waals surface area contributed by atoms with Crippen molar-refractivity contribution in [3.8, 4) is 0 Å². The van der Waals surface area contributed by atoms with Crippen molar-refractivity contribution in [2.75, 3.05) is 5.73 Å². The quantitative estimate of drug-likeness (QED) is 0.336. The first-order chi connectivity index (χ1) is 6.11. The van der Waals surface area contributed by atoms with Crippen molar-refractivity contribution in [2.45, 2.75) is 6.92 Å². The summed E-state index contributed by atoms with van der Waals surface area (Å²) in [4.78, 5) is 10.6. The second-order valence-corrected chi connectivity index (χ2v) is 2.64. The molecule has 1 aromatic carbocycles. The highest BCUT2D eigenvalue weighted by Gasteiger charge is 2.05. The van der Waals surface area contributed by atoms with Crippen LogP contribution in [0.4, 0.5) is 5.69 Å². The Labute approximate surface area is 76.3 Å². The van der Waals surface area contributed by atoms with Crippen LogP contribution in [0, 0.1) is 5.41 Å². The maximum atomic E-state index is 10.6. The van der Waals surface area contributed by atoms with Crippen molar-refractivity contribution in [3.05, 3.63) is 29.8 Å². The Morgan fingerprint density at radius 3 is 2.62 bits per heavy atom.